The van der Waals surface area contributed by atoms with Crippen molar-refractivity contribution in [2.24, 2.45) is 0 Å². The van der Waals surface area contributed by atoms with E-state index >= 15 is 0 Å². The molecule has 216 valence electrons. The molecule has 1 atom stereocenters. The maximum absolute atomic E-state index is 13.0. The van der Waals surface area contributed by atoms with Crippen LogP contribution in [0.2, 0.25) is 0 Å². The standard InChI is InChI=1S/C37H40N2O3/c40-31(27-42-36-17-9-8-16-34(36)35(41)21-18-28-10-2-1-3-11-28)26-38-22-24-39(25-23-38)37-32-14-6-4-12-29(32)19-20-30-13-5-7-15-33(30)37/h1-17,31,37,40H,18-27H2. The van der Waals surface area contributed by atoms with Crippen molar-refractivity contribution in [1.29, 1.82) is 0 Å². The minimum Gasteiger partial charge on any atom is -0.490 e. The van der Waals surface area contributed by atoms with Crippen LogP contribution in [0.5, 0.6) is 5.75 Å². The van der Waals surface area contributed by atoms with Crippen LogP contribution in [-0.2, 0) is 19.3 Å². The van der Waals surface area contributed by atoms with E-state index < -0.39 is 6.10 Å². The summed E-state index contributed by atoms with van der Waals surface area (Å²) in [6, 6.07) is 35.5. The first-order valence-electron chi connectivity index (χ1n) is 15.2. The van der Waals surface area contributed by atoms with Crippen LogP contribution >= 0.6 is 0 Å². The Morgan fingerprint density at radius 3 is 2.05 bits per heavy atom. The highest BCUT2D eigenvalue weighted by molar-refractivity contribution is 5.98. The molecule has 0 spiro atoms. The first kappa shape index (κ1) is 28.4. The Balaban J connectivity index is 1.03. The van der Waals surface area contributed by atoms with Gasteiger partial charge in [0.05, 0.1) is 11.6 Å². The molecule has 1 aliphatic heterocycles. The van der Waals surface area contributed by atoms with Gasteiger partial charge in [-0.2, -0.15) is 0 Å². The van der Waals surface area contributed by atoms with Crippen molar-refractivity contribution in [1.82, 2.24) is 9.80 Å². The molecule has 0 aromatic heterocycles. The first-order valence-corrected chi connectivity index (χ1v) is 15.2. The van der Waals surface area contributed by atoms with E-state index in [2.05, 4.69) is 58.3 Å². The molecule has 1 saturated heterocycles. The molecule has 0 bridgehead atoms. The summed E-state index contributed by atoms with van der Waals surface area (Å²) >= 11 is 0. The number of para-hydroxylation sites is 1. The van der Waals surface area contributed by atoms with Gasteiger partial charge >= 0.3 is 0 Å². The van der Waals surface area contributed by atoms with Crippen molar-refractivity contribution in [3.63, 3.8) is 0 Å². The van der Waals surface area contributed by atoms with Gasteiger partial charge in [-0.1, -0.05) is 91.0 Å². The lowest BCUT2D eigenvalue weighted by Crippen LogP contribution is -2.50. The average molecular weight is 561 g/mol. The van der Waals surface area contributed by atoms with Gasteiger partial charge in [-0.25, -0.2) is 0 Å². The molecule has 1 fully saturated rings. The molecule has 4 aromatic carbocycles. The lowest BCUT2D eigenvalue weighted by molar-refractivity contribution is 0.0398. The number of carbonyl (C=O) groups excluding carboxylic acids is 1. The Morgan fingerprint density at radius 1 is 0.762 bits per heavy atom. The summed E-state index contributed by atoms with van der Waals surface area (Å²) in [4.78, 5) is 17.9. The molecule has 4 aromatic rings. The Bertz CT molecular complexity index is 1430. The highest BCUT2D eigenvalue weighted by Gasteiger charge is 2.31. The number of benzene rings is 4. The van der Waals surface area contributed by atoms with Crippen LogP contribution in [0.25, 0.3) is 0 Å². The topological polar surface area (TPSA) is 53.0 Å². The number of hydrogen-bond acceptors (Lipinski definition) is 5. The largest absolute Gasteiger partial charge is 0.490 e. The predicted molar refractivity (Wildman–Crippen MR) is 167 cm³/mol. The number of nitrogens with zero attached hydrogens (tertiary/aromatic N) is 2. The van der Waals surface area contributed by atoms with Gasteiger partial charge in [0.25, 0.3) is 0 Å². The zero-order chi connectivity index (χ0) is 28.7. The number of ketones is 1. The molecule has 2 aliphatic rings. The van der Waals surface area contributed by atoms with Gasteiger partial charge in [0, 0.05) is 39.1 Å². The fourth-order valence-corrected chi connectivity index (χ4v) is 6.49. The monoisotopic (exact) mass is 560 g/mol. The zero-order valence-electron chi connectivity index (χ0n) is 24.2. The van der Waals surface area contributed by atoms with Gasteiger partial charge < -0.3 is 9.84 Å². The number of aryl methyl sites for hydroxylation is 3. The number of rotatable bonds is 10. The van der Waals surface area contributed by atoms with Crippen molar-refractivity contribution in [3.05, 3.63) is 137 Å². The lowest BCUT2D eigenvalue weighted by Gasteiger charge is -2.40. The molecule has 1 aliphatic carbocycles. The molecule has 0 saturated carbocycles. The van der Waals surface area contributed by atoms with Crippen LogP contribution in [0.1, 0.15) is 50.6 Å². The van der Waals surface area contributed by atoms with Crippen LogP contribution in [-0.4, -0.2) is 66.1 Å². The number of aliphatic hydroxyl groups excluding tert-OH is 1. The molecule has 5 heteroatoms. The maximum atomic E-state index is 13.0. The number of Topliss-reactive ketones (excluding diaryl/α,β-unsaturated/α-hetero) is 1. The van der Waals surface area contributed by atoms with E-state index in [-0.39, 0.29) is 18.4 Å². The van der Waals surface area contributed by atoms with Crippen LogP contribution in [0.15, 0.2) is 103 Å². The number of aliphatic hydroxyl groups is 1. The number of fused-ring (bicyclic) bond motifs is 2. The molecule has 0 radical (unpaired) electrons. The minimum atomic E-state index is -0.636. The van der Waals surface area contributed by atoms with Crippen LogP contribution < -0.4 is 4.74 Å². The number of carbonyl (C=O) groups is 1. The van der Waals surface area contributed by atoms with Crippen molar-refractivity contribution < 1.29 is 14.6 Å². The van der Waals surface area contributed by atoms with Crippen LogP contribution in [0, 0.1) is 0 Å². The van der Waals surface area contributed by atoms with Crippen molar-refractivity contribution >= 4 is 5.78 Å². The second kappa shape index (κ2) is 13.5. The Hall–Kier alpha value is -3.77. The van der Waals surface area contributed by atoms with Crippen LogP contribution in [0.4, 0.5) is 0 Å². The summed E-state index contributed by atoms with van der Waals surface area (Å²) in [5, 5.41) is 10.9. The summed E-state index contributed by atoms with van der Waals surface area (Å²) in [7, 11) is 0. The quantitative estimate of drug-likeness (QED) is 0.251. The second-order valence-corrected chi connectivity index (χ2v) is 11.5. The molecular formula is C37H40N2O3. The van der Waals surface area contributed by atoms with Gasteiger partial charge in [0.2, 0.25) is 0 Å². The molecule has 1 N–H and O–H groups in total. The number of β-amino-alcohol motifs (C(OH)–C–C–N with tert-alkyl or cyclic N) is 1. The van der Waals surface area contributed by atoms with E-state index in [0.29, 0.717) is 30.7 Å². The van der Waals surface area contributed by atoms with E-state index in [9.17, 15) is 9.90 Å². The van der Waals surface area contributed by atoms with Gasteiger partial charge in [0.15, 0.2) is 5.78 Å². The van der Waals surface area contributed by atoms with Crippen molar-refractivity contribution in [2.75, 3.05) is 39.3 Å². The zero-order valence-corrected chi connectivity index (χ0v) is 24.2. The van der Waals surface area contributed by atoms with E-state index in [1.54, 1.807) is 0 Å². The third-order valence-corrected chi connectivity index (χ3v) is 8.71. The van der Waals surface area contributed by atoms with Crippen LogP contribution in [0.3, 0.4) is 0 Å². The predicted octanol–water partition coefficient (Wildman–Crippen LogP) is 5.75. The molecule has 42 heavy (non-hydrogen) atoms. The molecule has 1 heterocycles. The highest BCUT2D eigenvalue weighted by Crippen LogP contribution is 2.37. The summed E-state index contributed by atoms with van der Waals surface area (Å²) in [5.41, 5.74) is 7.49. The Labute approximate surface area is 249 Å². The van der Waals surface area contributed by atoms with E-state index in [1.165, 1.54) is 22.3 Å². The SMILES string of the molecule is O=C(CCc1ccccc1)c1ccccc1OCC(O)CN1CCN(C2c3ccccc3CCc3ccccc32)CC1. The third kappa shape index (κ3) is 6.65. The molecule has 0 amide bonds. The van der Waals surface area contributed by atoms with E-state index in [4.69, 9.17) is 4.74 Å². The summed E-state index contributed by atoms with van der Waals surface area (Å²) in [5.74, 6) is 0.604. The summed E-state index contributed by atoms with van der Waals surface area (Å²) in [6.07, 6.45) is 2.64. The average Bonchev–Trinajstić information content (AvgIpc) is 3.21. The van der Waals surface area contributed by atoms with Gasteiger partial charge in [0.1, 0.15) is 18.5 Å². The smallest absolute Gasteiger partial charge is 0.166 e. The Morgan fingerprint density at radius 2 is 1.36 bits per heavy atom. The normalized spacial score (nSPS) is 16.7. The van der Waals surface area contributed by atoms with Gasteiger partial charge in [-0.3, -0.25) is 14.6 Å². The fourth-order valence-electron chi connectivity index (χ4n) is 6.49. The van der Waals surface area contributed by atoms with Gasteiger partial charge in [-0.15, -0.1) is 0 Å². The second-order valence-electron chi connectivity index (χ2n) is 11.5. The summed E-state index contributed by atoms with van der Waals surface area (Å²) in [6.45, 7) is 4.39. The van der Waals surface area contributed by atoms with Crippen molar-refractivity contribution in [2.45, 2.75) is 37.8 Å². The van der Waals surface area contributed by atoms with E-state index in [0.717, 1.165) is 44.6 Å². The summed E-state index contributed by atoms with van der Waals surface area (Å²) < 4.78 is 6.01. The number of ether oxygens (including phenoxy) is 1. The molecular weight excluding hydrogens is 520 g/mol. The number of hydrogen-bond donors (Lipinski definition) is 1. The third-order valence-electron chi connectivity index (χ3n) is 8.71. The fraction of sp³-hybridized carbons (Fsp3) is 0.324. The van der Waals surface area contributed by atoms with Crippen molar-refractivity contribution in [3.8, 4) is 5.75 Å². The minimum absolute atomic E-state index is 0.0572. The van der Waals surface area contributed by atoms with E-state index in [1.807, 2.05) is 54.6 Å². The maximum Gasteiger partial charge on any atom is 0.166 e. The lowest BCUT2D eigenvalue weighted by atomic mass is 9.92. The molecule has 1 unspecified atom stereocenters. The first-order chi connectivity index (χ1) is 20.7. The van der Waals surface area contributed by atoms with Gasteiger partial charge in [-0.05, 0) is 59.2 Å². The number of piperazine rings is 1. The Kier molecular flexibility index (Phi) is 9.09. The highest BCUT2D eigenvalue weighted by atomic mass is 16.5. The molecule has 6 rings (SSSR count). The molecule has 5 nitrogen and oxygen atoms in total.